The highest BCUT2D eigenvalue weighted by atomic mass is 32.2. The van der Waals surface area contributed by atoms with Gasteiger partial charge in [-0.1, -0.05) is 55.1 Å². The molecule has 0 aliphatic carbocycles. The van der Waals surface area contributed by atoms with E-state index in [2.05, 4.69) is 20.5 Å². The van der Waals surface area contributed by atoms with E-state index in [1.54, 1.807) is 24.3 Å². The summed E-state index contributed by atoms with van der Waals surface area (Å²) in [7, 11) is 0. The molecule has 2 heterocycles. The molecule has 220 valence electrons. The summed E-state index contributed by atoms with van der Waals surface area (Å²) in [6.07, 6.45) is -0.166. The van der Waals surface area contributed by atoms with Crippen LogP contribution in [0.3, 0.4) is 0 Å². The Hall–Kier alpha value is -3.85. The number of H-pyrrole nitrogens is 1. The molecule has 4 unspecified atom stereocenters. The fraction of sp³-hybridized carbons (Fsp3) is 0.250. The van der Waals surface area contributed by atoms with Crippen LogP contribution in [0.15, 0.2) is 60.0 Å². The molecule has 14 heteroatoms. The zero-order valence-corrected chi connectivity index (χ0v) is 22.6. The third-order valence-corrected chi connectivity index (χ3v) is 7.74. The number of nitrogens with zero attached hydrogens (tertiary/aromatic N) is 2. The predicted octanol–water partition coefficient (Wildman–Crippen LogP) is 5.83. The first-order valence-corrected chi connectivity index (χ1v) is 13.6. The number of aliphatic hydroxyl groups is 1. The number of anilines is 1. The van der Waals surface area contributed by atoms with Crippen LogP contribution in [0.4, 0.5) is 27.6 Å². The Morgan fingerprint density at radius 1 is 0.929 bits per heavy atom. The van der Waals surface area contributed by atoms with Gasteiger partial charge in [0.1, 0.15) is 11.9 Å². The Bertz CT molecular complexity index is 1530. The SMILES string of the molecule is CC1C(CSc2ncn[nH]2)OC(c2ccc(NC(=O)c3c(F)c(F)c(F)c(F)c3F)cc2)OC1c1ccc(CO)cc1. The zero-order chi connectivity index (χ0) is 30.0. The van der Waals surface area contributed by atoms with E-state index >= 15 is 0 Å². The van der Waals surface area contributed by atoms with E-state index in [1.807, 2.05) is 19.1 Å². The van der Waals surface area contributed by atoms with Crippen molar-refractivity contribution in [2.24, 2.45) is 5.92 Å². The molecular weight excluding hydrogens is 583 g/mol. The smallest absolute Gasteiger partial charge is 0.261 e. The van der Waals surface area contributed by atoms with Gasteiger partial charge in [0.05, 0.1) is 18.8 Å². The maximum absolute atomic E-state index is 14.1. The second kappa shape index (κ2) is 12.6. The molecule has 4 atom stereocenters. The molecule has 8 nitrogen and oxygen atoms in total. The topological polar surface area (TPSA) is 109 Å². The first kappa shape index (κ1) is 29.6. The zero-order valence-electron chi connectivity index (χ0n) is 21.8. The molecular formula is C28H23F5N4O4S. The number of benzene rings is 3. The summed E-state index contributed by atoms with van der Waals surface area (Å²) in [6.45, 7) is 1.89. The van der Waals surface area contributed by atoms with Crippen LogP contribution >= 0.6 is 11.8 Å². The van der Waals surface area contributed by atoms with Crippen LogP contribution in [0.2, 0.25) is 0 Å². The van der Waals surface area contributed by atoms with Crippen LogP contribution in [0.1, 0.15) is 46.4 Å². The normalized spacial score (nSPS) is 20.5. The molecule has 1 aromatic heterocycles. The van der Waals surface area contributed by atoms with Gasteiger partial charge in [-0.05, 0) is 23.3 Å². The monoisotopic (exact) mass is 606 g/mol. The van der Waals surface area contributed by atoms with Crippen molar-refractivity contribution in [3.8, 4) is 0 Å². The van der Waals surface area contributed by atoms with Crippen LogP contribution in [0.25, 0.3) is 0 Å². The molecule has 0 radical (unpaired) electrons. The molecule has 1 amide bonds. The summed E-state index contributed by atoms with van der Waals surface area (Å²) >= 11 is 1.42. The summed E-state index contributed by atoms with van der Waals surface area (Å²) in [5, 5.41) is 18.8. The van der Waals surface area contributed by atoms with E-state index in [1.165, 1.54) is 30.2 Å². The minimum absolute atomic E-state index is 0.0328. The molecule has 3 N–H and O–H groups in total. The minimum atomic E-state index is -2.35. The number of carbonyl (C=O) groups excluding carboxylic acids is 1. The fourth-order valence-electron chi connectivity index (χ4n) is 4.46. The van der Waals surface area contributed by atoms with Crippen molar-refractivity contribution in [3.63, 3.8) is 0 Å². The van der Waals surface area contributed by atoms with Crippen LogP contribution in [-0.4, -0.2) is 38.1 Å². The van der Waals surface area contributed by atoms with Crippen molar-refractivity contribution in [2.45, 2.75) is 37.2 Å². The maximum Gasteiger partial charge on any atom is 0.261 e. The lowest BCUT2D eigenvalue weighted by atomic mass is 9.91. The molecule has 4 aromatic rings. The Balaban J connectivity index is 1.36. The number of ether oxygens (including phenoxy) is 2. The number of thioether (sulfide) groups is 1. The molecule has 1 aliphatic rings. The van der Waals surface area contributed by atoms with Gasteiger partial charge in [-0.15, -0.1) is 0 Å². The summed E-state index contributed by atoms with van der Waals surface area (Å²) in [4.78, 5) is 16.5. The third-order valence-electron chi connectivity index (χ3n) is 6.78. The second-order valence-electron chi connectivity index (χ2n) is 9.44. The largest absolute Gasteiger partial charge is 0.392 e. The molecule has 5 rings (SSSR count). The second-order valence-corrected chi connectivity index (χ2v) is 10.5. The summed E-state index contributed by atoms with van der Waals surface area (Å²) in [5.41, 5.74) is 0.601. The van der Waals surface area contributed by atoms with Gasteiger partial charge in [0.2, 0.25) is 5.82 Å². The highest BCUT2D eigenvalue weighted by Gasteiger charge is 2.38. The molecule has 1 aliphatic heterocycles. The highest BCUT2D eigenvalue weighted by molar-refractivity contribution is 7.99. The Labute approximate surface area is 240 Å². The van der Waals surface area contributed by atoms with Gasteiger partial charge in [-0.3, -0.25) is 9.89 Å². The lowest BCUT2D eigenvalue weighted by Gasteiger charge is -2.41. The maximum atomic E-state index is 14.1. The minimum Gasteiger partial charge on any atom is -0.392 e. The van der Waals surface area contributed by atoms with Gasteiger partial charge in [0, 0.05) is 22.9 Å². The standard InChI is InChI=1S/C28H23F5N4O4S/c1-13-18(11-42-28-34-12-35-37-28)40-27(41-25(13)15-4-2-14(10-38)3-5-15)16-6-8-17(9-7-16)36-26(39)19-20(29)22(31)24(33)23(32)21(19)30/h2-9,12-13,18,25,27,38H,10-11H2,1H3,(H,36,39)(H,34,35,37). The average molecular weight is 607 g/mol. The number of nitrogens with one attached hydrogen (secondary N) is 2. The molecule has 3 aromatic carbocycles. The lowest BCUT2D eigenvalue weighted by Crippen LogP contribution is -2.38. The number of hydrogen-bond acceptors (Lipinski definition) is 7. The number of amides is 1. The third kappa shape index (κ3) is 6.02. The summed E-state index contributed by atoms with van der Waals surface area (Å²) < 4.78 is 81.2. The quantitative estimate of drug-likeness (QED) is 0.100. The van der Waals surface area contributed by atoms with E-state index in [-0.39, 0.29) is 24.3 Å². The number of aromatic nitrogens is 3. The molecule has 0 spiro atoms. The van der Waals surface area contributed by atoms with Crippen molar-refractivity contribution in [3.05, 3.63) is 106 Å². The Morgan fingerprint density at radius 2 is 1.55 bits per heavy atom. The van der Waals surface area contributed by atoms with Crippen LogP contribution < -0.4 is 5.32 Å². The molecule has 1 saturated heterocycles. The van der Waals surface area contributed by atoms with E-state index in [0.29, 0.717) is 16.5 Å². The van der Waals surface area contributed by atoms with Crippen molar-refractivity contribution in [1.82, 2.24) is 15.2 Å². The number of aliphatic hydroxyl groups excluding tert-OH is 1. The summed E-state index contributed by atoms with van der Waals surface area (Å²) in [6, 6.07) is 13.2. The van der Waals surface area contributed by atoms with Crippen LogP contribution in [0, 0.1) is 35.0 Å². The Morgan fingerprint density at radius 3 is 2.14 bits per heavy atom. The Kier molecular flexibility index (Phi) is 8.87. The number of aromatic amines is 1. The van der Waals surface area contributed by atoms with Crippen molar-refractivity contribution in [1.29, 1.82) is 0 Å². The van der Waals surface area contributed by atoms with Crippen molar-refractivity contribution >= 4 is 23.4 Å². The number of halogens is 5. The van der Waals surface area contributed by atoms with Gasteiger partial charge in [-0.2, -0.15) is 5.10 Å². The lowest BCUT2D eigenvalue weighted by molar-refractivity contribution is -0.268. The van der Waals surface area contributed by atoms with Gasteiger partial charge in [-0.25, -0.2) is 26.9 Å². The van der Waals surface area contributed by atoms with Crippen LogP contribution in [0.5, 0.6) is 0 Å². The molecule has 1 fully saturated rings. The van der Waals surface area contributed by atoms with Gasteiger partial charge >= 0.3 is 0 Å². The van der Waals surface area contributed by atoms with Gasteiger partial charge < -0.3 is 19.9 Å². The van der Waals surface area contributed by atoms with Gasteiger partial charge in [0.15, 0.2) is 34.7 Å². The van der Waals surface area contributed by atoms with Crippen molar-refractivity contribution < 1.29 is 41.3 Å². The van der Waals surface area contributed by atoms with E-state index in [9.17, 15) is 31.9 Å². The van der Waals surface area contributed by atoms with Gasteiger partial charge in [0.25, 0.3) is 5.91 Å². The molecule has 0 bridgehead atoms. The summed E-state index contributed by atoms with van der Waals surface area (Å²) in [5.74, 6) is -12.3. The van der Waals surface area contributed by atoms with E-state index in [0.717, 1.165) is 11.1 Å². The molecule has 42 heavy (non-hydrogen) atoms. The van der Waals surface area contributed by atoms with E-state index in [4.69, 9.17) is 9.47 Å². The van der Waals surface area contributed by atoms with E-state index < -0.39 is 53.0 Å². The van der Waals surface area contributed by atoms with Crippen molar-refractivity contribution in [2.75, 3.05) is 11.1 Å². The number of rotatable bonds is 8. The number of carbonyl (C=O) groups is 1. The van der Waals surface area contributed by atoms with Crippen LogP contribution in [-0.2, 0) is 16.1 Å². The average Bonchev–Trinajstić information content (AvgIpc) is 3.53. The fourth-order valence-corrected chi connectivity index (χ4v) is 5.40. The highest BCUT2D eigenvalue weighted by Crippen LogP contribution is 2.43. The number of hydrogen-bond donors (Lipinski definition) is 3. The first-order valence-electron chi connectivity index (χ1n) is 12.6. The predicted molar refractivity (Wildman–Crippen MR) is 141 cm³/mol. The first-order chi connectivity index (χ1) is 20.2. The molecule has 0 saturated carbocycles.